The van der Waals surface area contributed by atoms with Crippen LogP contribution in [0.4, 0.5) is 0 Å². The number of imide groups is 1. The van der Waals surface area contributed by atoms with Crippen LogP contribution in [-0.2, 0) is 15.1 Å². The SMILES string of the molecule is O=C(NN1C(=O)[C@@H]2C3c4ccccc4C([N+](=O)[O-])(c4ccccc43)[C@H]2C1=O)c1ccncc1. The standard InChI is InChI=1S/C24H16N4O5/c29-21(13-9-11-25-12-10-13)26-27-22(30)19-18-14-5-1-3-7-16(14)24(28(32)33,20(19)23(27)31)17-8-4-2-6-15(17)18/h1-12,18-20H,(H,26,29)/t18?,19-,20-,24?/m1/s1. The molecule has 9 nitrogen and oxygen atoms in total. The Balaban J connectivity index is 1.54. The van der Waals surface area contributed by atoms with Gasteiger partial charge < -0.3 is 0 Å². The molecular formula is C24H16N4O5. The summed E-state index contributed by atoms with van der Waals surface area (Å²) in [5, 5.41) is 13.5. The second kappa shape index (κ2) is 6.55. The Labute approximate surface area is 187 Å². The Morgan fingerprint density at radius 1 is 0.939 bits per heavy atom. The molecule has 1 aliphatic heterocycles. The molecule has 2 atom stereocenters. The number of benzene rings is 2. The number of hydrogen-bond acceptors (Lipinski definition) is 6. The van der Waals surface area contributed by atoms with Crippen molar-refractivity contribution in [1.82, 2.24) is 15.4 Å². The van der Waals surface area contributed by atoms with Gasteiger partial charge in [-0.25, -0.2) is 0 Å². The Hall–Kier alpha value is -4.40. The molecule has 3 aromatic rings. The highest BCUT2D eigenvalue weighted by Crippen LogP contribution is 2.63. The summed E-state index contributed by atoms with van der Waals surface area (Å²) in [7, 11) is 0. The van der Waals surface area contributed by atoms with E-state index in [4.69, 9.17) is 0 Å². The van der Waals surface area contributed by atoms with Crippen LogP contribution in [0.15, 0.2) is 73.1 Å². The molecule has 0 spiro atoms. The van der Waals surface area contributed by atoms with Gasteiger partial charge in [-0.1, -0.05) is 48.5 Å². The van der Waals surface area contributed by atoms with Gasteiger partial charge in [-0.15, -0.1) is 0 Å². The number of amides is 3. The van der Waals surface area contributed by atoms with Crippen LogP contribution in [0.5, 0.6) is 0 Å². The van der Waals surface area contributed by atoms with E-state index in [1.165, 1.54) is 24.5 Å². The molecule has 7 rings (SSSR count). The molecule has 33 heavy (non-hydrogen) atoms. The molecule has 2 bridgehead atoms. The van der Waals surface area contributed by atoms with E-state index in [0.29, 0.717) is 27.3 Å². The van der Waals surface area contributed by atoms with Crippen molar-refractivity contribution in [1.29, 1.82) is 0 Å². The highest BCUT2D eigenvalue weighted by atomic mass is 16.6. The minimum atomic E-state index is -1.92. The van der Waals surface area contributed by atoms with Crippen LogP contribution in [0.2, 0.25) is 0 Å². The number of hydrazine groups is 1. The largest absolute Gasteiger partial charge is 0.285 e. The number of carbonyl (C=O) groups is 3. The van der Waals surface area contributed by atoms with Crippen molar-refractivity contribution < 1.29 is 19.3 Å². The van der Waals surface area contributed by atoms with Crippen LogP contribution in [-0.4, -0.2) is 32.6 Å². The number of nitro groups is 1. The van der Waals surface area contributed by atoms with Gasteiger partial charge in [-0.05, 0) is 23.3 Å². The predicted molar refractivity (Wildman–Crippen MR) is 113 cm³/mol. The lowest BCUT2D eigenvalue weighted by Gasteiger charge is -2.48. The van der Waals surface area contributed by atoms with Crippen LogP contribution < -0.4 is 5.43 Å². The van der Waals surface area contributed by atoms with Crippen molar-refractivity contribution in [2.45, 2.75) is 11.5 Å². The van der Waals surface area contributed by atoms with E-state index < -0.39 is 45.9 Å². The van der Waals surface area contributed by atoms with E-state index in [1.807, 2.05) is 0 Å². The van der Waals surface area contributed by atoms with Crippen molar-refractivity contribution >= 4 is 17.7 Å². The van der Waals surface area contributed by atoms with Crippen molar-refractivity contribution in [3.05, 3.63) is 111 Å². The Bertz CT molecular complexity index is 1320. The molecule has 162 valence electrons. The fourth-order valence-corrected chi connectivity index (χ4v) is 5.82. The molecule has 2 heterocycles. The third-order valence-electron chi connectivity index (χ3n) is 7.02. The van der Waals surface area contributed by atoms with E-state index in [1.54, 1.807) is 48.5 Å². The molecular weight excluding hydrogens is 424 g/mol. The van der Waals surface area contributed by atoms with Crippen molar-refractivity contribution in [2.75, 3.05) is 0 Å². The summed E-state index contributed by atoms with van der Waals surface area (Å²) in [6.45, 7) is 0. The summed E-state index contributed by atoms with van der Waals surface area (Å²) in [6.07, 6.45) is 2.83. The quantitative estimate of drug-likeness (QED) is 0.378. The van der Waals surface area contributed by atoms with Gasteiger partial charge >= 0.3 is 0 Å². The summed E-state index contributed by atoms with van der Waals surface area (Å²) in [5.74, 6) is -4.89. The van der Waals surface area contributed by atoms with Crippen LogP contribution in [0, 0.1) is 22.0 Å². The van der Waals surface area contributed by atoms with Gasteiger partial charge in [0, 0.05) is 39.9 Å². The van der Waals surface area contributed by atoms with E-state index in [-0.39, 0.29) is 5.56 Å². The minimum Gasteiger partial charge on any atom is -0.272 e. The third-order valence-corrected chi connectivity index (χ3v) is 7.02. The third kappa shape index (κ3) is 2.25. The maximum Gasteiger partial charge on any atom is 0.285 e. The lowest BCUT2D eigenvalue weighted by Crippen LogP contribution is -2.57. The summed E-state index contributed by atoms with van der Waals surface area (Å²) in [4.78, 5) is 56.1. The first kappa shape index (κ1) is 19.3. The first-order valence-electron chi connectivity index (χ1n) is 10.4. The summed E-state index contributed by atoms with van der Waals surface area (Å²) < 4.78 is 0. The fraction of sp³-hybridized carbons (Fsp3) is 0.167. The number of nitrogens with zero attached hydrogens (tertiary/aromatic N) is 3. The summed E-state index contributed by atoms with van der Waals surface area (Å²) in [5.41, 5.74) is 2.83. The smallest absolute Gasteiger partial charge is 0.272 e. The van der Waals surface area contributed by atoms with Gasteiger partial charge in [0.25, 0.3) is 23.3 Å². The molecule has 9 heteroatoms. The van der Waals surface area contributed by atoms with Crippen molar-refractivity contribution in [3.63, 3.8) is 0 Å². The molecule has 4 aliphatic rings. The monoisotopic (exact) mass is 440 g/mol. The molecule has 0 saturated carbocycles. The maximum absolute atomic E-state index is 13.6. The number of hydrogen-bond donors (Lipinski definition) is 1. The van der Waals surface area contributed by atoms with E-state index in [9.17, 15) is 24.5 Å². The summed E-state index contributed by atoms with van der Waals surface area (Å²) >= 11 is 0. The van der Waals surface area contributed by atoms with Crippen LogP contribution in [0.3, 0.4) is 0 Å². The van der Waals surface area contributed by atoms with E-state index in [2.05, 4.69) is 10.4 Å². The molecule has 2 aromatic carbocycles. The molecule has 1 saturated heterocycles. The molecule has 1 fully saturated rings. The highest BCUT2D eigenvalue weighted by molar-refractivity contribution is 6.10. The van der Waals surface area contributed by atoms with Gasteiger partial charge in [0.05, 0.1) is 5.92 Å². The first-order chi connectivity index (χ1) is 16.0. The maximum atomic E-state index is 13.6. The number of carbonyl (C=O) groups excluding carboxylic acids is 3. The van der Waals surface area contributed by atoms with Crippen LogP contribution >= 0.6 is 0 Å². The number of pyridine rings is 1. The molecule has 0 unspecified atom stereocenters. The number of aromatic nitrogens is 1. The summed E-state index contributed by atoms with van der Waals surface area (Å²) in [6, 6.07) is 16.7. The predicted octanol–water partition coefficient (Wildman–Crippen LogP) is 2.01. The lowest BCUT2D eigenvalue weighted by molar-refractivity contribution is -0.578. The average molecular weight is 440 g/mol. The molecule has 1 N–H and O–H groups in total. The molecule has 3 aliphatic carbocycles. The molecule has 0 radical (unpaired) electrons. The van der Waals surface area contributed by atoms with Gasteiger partial charge in [0.2, 0.25) is 0 Å². The zero-order valence-electron chi connectivity index (χ0n) is 17.0. The highest BCUT2D eigenvalue weighted by Gasteiger charge is 2.75. The zero-order chi connectivity index (χ0) is 22.9. The minimum absolute atomic E-state index is 0.207. The van der Waals surface area contributed by atoms with Gasteiger partial charge in [0.1, 0.15) is 5.92 Å². The fourth-order valence-electron chi connectivity index (χ4n) is 5.82. The van der Waals surface area contributed by atoms with E-state index >= 15 is 0 Å². The lowest BCUT2D eigenvalue weighted by atomic mass is 9.51. The topological polar surface area (TPSA) is 123 Å². The van der Waals surface area contributed by atoms with Crippen LogP contribution in [0.1, 0.15) is 38.5 Å². The Morgan fingerprint density at radius 3 is 2.09 bits per heavy atom. The number of nitrogens with one attached hydrogen (secondary N) is 1. The van der Waals surface area contributed by atoms with Gasteiger partial charge in [-0.2, -0.15) is 5.01 Å². The normalized spacial score (nSPS) is 26.4. The zero-order valence-corrected chi connectivity index (χ0v) is 17.0. The second-order valence-corrected chi connectivity index (χ2v) is 8.37. The van der Waals surface area contributed by atoms with Crippen molar-refractivity contribution in [2.24, 2.45) is 11.8 Å². The second-order valence-electron chi connectivity index (χ2n) is 8.37. The van der Waals surface area contributed by atoms with Gasteiger partial charge in [-0.3, -0.25) is 34.9 Å². The Morgan fingerprint density at radius 2 is 1.52 bits per heavy atom. The molecule has 3 amide bonds. The average Bonchev–Trinajstić information content (AvgIpc) is 3.10. The number of rotatable bonds is 3. The van der Waals surface area contributed by atoms with Crippen LogP contribution in [0.25, 0.3) is 0 Å². The Kier molecular flexibility index (Phi) is 3.83. The van der Waals surface area contributed by atoms with E-state index in [0.717, 1.165) is 0 Å². The molecule has 1 aromatic heterocycles. The van der Waals surface area contributed by atoms with Crippen molar-refractivity contribution in [3.8, 4) is 0 Å². The van der Waals surface area contributed by atoms with Gasteiger partial charge in [0.15, 0.2) is 0 Å². The first-order valence-corrected chi connectivity index (χ1v) is 10.4.